The molecule has 3 aliphatic rings. The van der Waals surface area contributed by atoms with Gasteiger partial charge in [-0.15, -0.1) is 11.8 Å². The summed E-state index contributed by atoms with van der Waals surface area (Å²) in [7, 11) is 3.32. The zero-order valence-corrected chi connectivity index (χ0v) is 58.3. The van der Waals surface area contributed by atoms with Crippen molar-refractivity contribution in [2.75, 3.05) is 44.0 Å². The van der Waals surface area contributed by atoms with Gasteiger partial charge in [-0.3, -0.25) is 57.6 Å². The highest BCUT2D eigenvalue weighted by molar-refractivity contribution is 8.76. The molecule has 1 saturated carbocycles. The Morgan fingerprint density at radius 2 is 1.33 bits per heavy atom. The summed E-state index contributed by atoms with van der Waals surface area (Å²) >= 11 is 1.17. The molecule has 1 aliphatic carbocycles. The van der Waals surface area contributed by atoms with E-state index in [-0.39, 0.29) is 86.6 Å². The lowest BCUT2D eigenvalue weighted by molar-refractivity contribution is -0.148. The summed E-state index contributed by atoms with van der Waals surface area (Å²) in [5.41, 5.74) is 8.40. The number of carbonyl (C=O) groups excluding carboxylic acids is 11. The van der Waals surface area contributed by atoms with Crippen molar-refractivity contribution in [3.8, 4) is 0 Å². The molecule has 3 heterocycles. The van der Waals surface area contributed by atoms with Crippen LogP contribution >= 0.6 is 33.3 Å². The van der Waals surface area contributed by atoms with Crippen molar-refractivity contribution in [2.45, 2.75) is 170 Å². The van der Waals surface area contributed by atoms with Crippen molar-refractivity contribution in [3.63, 3.8) is 0 Å². The molecule has 1 aromatic heterocycles. The molecule has 11 amide bonds. The number of amides is 11. The Morgan fingerprint density at radius 1 is 0.717 bits per heavy atom. The van der Waals surface area contributed by atoms with E-state index in [9.17, 15) is 63.6 Å². The van der Waals surface area contributed by atoms with Crippen LogP contribution in [-0.4, -0.2) is 222 Å². The third-order valence-corrected chi connectivity index (χ3v) is 21.6. The lowest BCUT2D eigenvalue weighted by atomic mass is 9.81. The highest BCUT2D eigenvalue weighted by atomic mass is 33.1. The number of likely N-dealkylation sites (tertiary alicyclic amines) is 1. The number of imide groups is 1. The molecule has 31 heteroatoms. The van der Waals surface area contributed by atoms with E-state index in [1.54, 1.807) is 72.9 Å². The normalized spacial score (nSPS) is 23.9. The molecule has 15 N–H and O–H groups in total. The van der Waals surface area contributed by atoms with Crippen molar-refractivity contribution >= 4 is 115 Å². The first-order valence-corrected chi connectivity index (χ1v) is 36.8. The van der Waals surface area contributed by atoms with Crippen LogP contribution in [0.5, 0.6) is 0 Å². The number of aliphatic hydroxyl groups is 3. The standard InChI is InChI=1S/C68H92N12O16S3/c1-38(68(95)96)79(4)56(84)26-28-97-55-32-57(85)80(67(55)94)34-43-22-24-44(25-23-43)59(86)72-49(29-41-15-7-5-8-16-41)62(89)76-53-36-98-99-37-54(65(92)75-52(35-81)39(2)82)77-66(93)58(40(3)83)78-60(87)48(21-13-14-27-69)71-63(90)51(31-45-33-70-47-20-12-11-19-46(45)47)74-61(88)50(73-64(53)91)30-42-17-9-6-10-18-42/h5-12,15-20,33,38-40,43-44,48-55,58,70,81-83H,13-14,21-32,34-37,69H2,1-4H3,(H,71,90)(H,72,86)(H,73,91)(H,74,88)(H,75,92)(H,76,89)(H,77,93)(H,78,87)(H,95,96)/t38-,39+,40+,43?,44?,48-,49+,50-,51+,52+,53-,54-,55?,58-/m0/s1. The van der Waals surface area contributed by atoms with Crippen molar-refractivity contribution in [2.24, 2.45) is 17.6 Å². The Balaban J connectivity index is 1.16. The summed E-state index contributed by atoms with van der Waals surface area (Å²) in [6.07, 6.45) is 0.706. The number of nitrogens with zero attached hydrogens (tertiary/aromatic N) is 2. The average molecular weight is 1430 g/mol. The number of carbonyl (C=O) groups is 12. The number of likely N-dealkylation sites (N-methyl/N-ethyl adjacent to an activating group) is 1. The van der Waals surface area contributed by atoms with Gasteiger partial charge in [-0.2, -0.15) is 0 Å². The van der Waals surface area contributed by atoms with Gasteiger partial charge in [-0.05, 0) is 101 Å². The molecule has 7 rings (SSSR count). The highest BCUT2D eigenvalue weighted by Crippen LogP contribution is 2.33. The van der Waals surface area contributed by atoms with Crippen LogP contribution in [0.2, 0.25) is 0 Å². The summed E-state index contributed by atoms with van der Waals surface area (Å²) < 4.78 is 0. The van der Waals surface area contributed by atoms with Crippen LogP contribution in [0, 0.1) is 11.8 Å². The number of hydrogen-bond donors (Lipinski definition) is 14. The number of nitrogens with two attached hydrogens (primary N) is 1. The van der Waals surface area contributed by atoms with Gasteiger partial charge in [-0.25, -0.2) is 4.79 Å². The second-order valence-electron chi connectivity index (χ2n) is 25.3. The number of nitrogens with one attached hydrogen (secondary N) is 9. The predicted molar refractivity (Wildman–Crippen MR) is 374 cm³/mol. The molecule has 0 bridgehead atoms. The summed E-state index contributed by atoms with van der Waals surface area (Å²) in [6, 6.07) is 12.2. The Kier molecular flexibility index (Phi) is 30.4. The van der Waals surface area contributed by atoms with Gasteiger partial charge in [0.05, 0.1) is 30.1 Å². The maximum absolute atomic E-state index is 15.2. The molecular formula is C68H92N12O16S3. The number of thioether (sulfide) groups is 1. The Hall–Kier alpha value is -8.07. The minimum atomic E-state index is -1.73. The number of aliphatic carboxylic acids is 1. The molecular weight excluding hydrogens is 1340 g/mol. The van der Waals surface area contributed by atoms with Gasteiger partial charge in [0, 0.05) is 86.0 Å². The molecule has 12 atom stereocenters. The van der Waals surface area contributed by atoms with E-state index in [1.165, 1.54) is 44.5 Å². The van der Waals surface area contributed by atoms with Crippen LogP contribution in [0.3, 0.4) is 0 Å². The molecule has 4 aromatic rings. The third kappa shape index (κ3) is 23.0. The molecule has 1 unspecified atom stereocenters. The zero-order chi connectivity index (χ0) is 71.9. The van der Waals surface area contributed by atoms with Gasteiger partial charge >= 0.3 is 5.97 Å². The number of aliphatic hydroxyl groups excluding tert-OH is 3. The van der Waals surface area contributed by atoms with Crippen molar-refractivity contribution in [3.05, 3.63) is 108 Å². The predicted octanol–water partition coefficient (Wildman–Crippen LogP) is 0.341. The van der Waals surface area contributed by atoms with Crippen molar-refractivity contribution in [1.82, 2.24) is 57.3 Å². The largest absolute Gasteiger partial charge is 0.480 e. The van der Waals surface area contributed by atoms with Gasteiger partial charge in [0.2, 0.25) is 65.0 Å². The topological polar surface area (TPSA) is 430 Å². The Bertz CT molecular complexity index is 3450. The maximum atomic E-state index is 15.2. The summed E-state index contributed by atoms with van der Waals surface area (Å²) in [5.74, 6) is -10.1. The molecule has 0 spiro atoms. The summed E-state index contributed by atoms with van der Waals surface area (Å²) in [4.78, 5) is 174. The highest BCUT2D eigenvalue weighted by Gasteiger charge is 2.42. The van der Waals surface area contributed by atoms with E-state index in [0.29, 0.717) is 55.2 Å². The first-order chi connectivity index (χ1) is 47.3. The van der Waals surface area contributed by atoms with Crippen LogP contribution in [0.1, 0.15) is 95.2 Å². The number of aromatic nitrogens is 1. The van der Waals surface area contributed by atoms with Crippen LogP contribution in [0.15, 0.2) is 91.1 Å². The lowest BCUT2D eigenvalue weighted by Crippen LogP contribution is -2.62. The monoisotopic (exact) mass is 1430 g/mol. The van der Waals surface area contributed by atoms with Crippen LogP contribution in [-0.2, 0) is 76.8 Å². The molecule has 28 nitrogen and oxygen atoms in total. The maximum Gasteiger partial charge on any atom is 0.326 e. The SMILES string of the molecule is C[C@@H](O)[C@@H]1NC(=O)[C@H](CCCCN)NC(=O)[C@@H](Cc2c[nH]c3ccccc23)NC(=O)[C@H](Cc2ccccc2)NC(=O)[C@@H](NC(=O)[C@@H](Cc2ccccc2)NC(=O)C2CCC(CN3C(=O)CC(SCCC(=O)N(C)[C@@H](C)C(=O)O)C3=O)CC2)CSSC[C@@H](C(=O)N[C@H](CO)[C@@H](C)O)NC1=O. The number of para-hydroxylation sites is 1. The fraction of sp³-hybridized carbons (Fsp3) is 0.529. The molecule has 0 radical (unpaired) electrons. The van der Waals surface area contributed by atoms with Crippen molar-refractivity contribution in [1.29, 1.82) is 0 Å². The van der Waals surface area contributed by atoms with Crippen LogP contribution in [0.25, 0.3) is 10.9 Å². The second kappa shape index (κ2) is 38.5. The molecule has 3 aromatic carbocycles. The van der Waals surface area contributed by atoms with E-state index in [0.717, 1.165) is 37.4 Å². The molecule has 2 aliphatic heterocycles. The fourth-order valence-electron chi connectivity index (χ4n) is 11.8. The number of rotatable bonds is 27. The molecule has 2 saturated heterocycles. The number of unbranched alkanes of at least 4 members (excludes halogenated alkanes) is 1. The zero-order valence-electron chi connectivity index (χ0n) is 55.9. The molecule has 99 heavy (non-hydrogen) atoms. The van der Waals surface area contributed by atoms with Gasteiger partial charge < -0.3 is 78.6 Å². The average Bonchev–Trinajstić information content (AvgIpc) is 1.72. The van der Waals surface area contributed by atoms with Crippen LogP contribution < -0.4 is 48.3 Å². The summed E-state index contributed by atoms with van der Waals surface area (Å²) in [6.45, 7) is 3.60. The van der Waals surface area contributed by atoms with Gasteiger partial charge in [0.25, 0.3) is 0 Å². The Labute approximate surface area is 586 Å². The smallest absolute Gasteiger partial charge is 0.326 e. The fourth-order valence-corrected chi connectivity index (χ4v) is 15.2. The molecule has 538 valence electrons. The third-order valence-electron chi connectivity index (χ3n) is 18.0. The molecule has 3 fully saturated rings. The second-order valence-corrected chi connectivity index (χ2v) is 29.2. The first kappa shape index (κ1) is 78.3. The number of carboxylic acid groups (broad SMARTS) is 1. The summed E-state index contributed by atoms with van der Waals surface area (Å²) in [5, 5.41) is 62.7. The number of fused-ring (bicyclic) bond motifs is 1. The van der Waals surface area contributed by atoms with Gasteiger partial charge in [0.1, 0.15) is 48.3 Å². The van der Waals surface area contributed by atoms with E-state index >= 15 is 14.4 Å². The quantitative estimate of drug-likeness (QED) is 0.0217. The van der Waals surface area contributed by atoms with E-state index in [2.05, 4.69) is 47.5 Å². The van der Waals surface area contributed by atoms with Crippen LogP contribution in [0.4, 0.5) is 0 Å². The van der Waals surface area contributed by atoms with Crippen molar-refractivity contribution < 1.29 is 78.0 Å². The van der Waals surface area contributed by atoms with E-state index < -0.39 is 143 Å². The first-order valence-electron chi connectivity index (χ1n) is 33.3. The van der Waals surface area contributed by atoms with Gasteiger partial charge in [0.15, 0.2) is 0 Å². The van der Waals surface area contributed by atoms with Gasteiger partial charge in [-0.1, -0.05) is 100 Å². The number of carboxylic acids is 1. The number of H-pyrrole nitrogens is 1. The Morgan fingerprint density at radius 3 is 1.98 bits per heavy atom. The van der Waals surface area contributed by atoms with E-state index in [1.807, 2.05) is 18.2 Å². The minimum Gasteiger partial charge on any atom is -0.480 e. The minimum absolute atomic E-state index is 0.0172. The number of hydrogen-bond acceptors (Lipinski definition) is 19. The number of aromatic amines is 1. The van der Waals surface area contributed by atoms with E-state index in [4.69, 9.17) is 5.73 Å². The lowest BCUT2D eigenvalue weighted by Gasteiger charge is -2.31. The number of benzene rings is 3.